The van der Waals surface area contributed by atoms with Crippen LogP contribution in [-0.4, -0.2) is 35.5 Å². The van der Waals surface area contributed by atoms with Gasteiger partial charge in [0.2, 0.25) is 0 Å². The maximum atomic E-state index is 12.6. The summed E-state index contributed by atoms with van der Waals surface area (Å²) in [7, 11) is 4.03. The van der Waals surface area contributed by atoms with Crippen LogP contribution in [0.15, 0.2) is 18.2 Å². The van der Waals surface area contributed by atoms with Crippen LogP contribution in [0, 0.1) is 0 Å². The monoisotopic (exact) mass is 285 g/mol. The van der Waals surface area contributed by atoms with Gasteiger partial charge in [-0.1, -0.05) is 0 Å². The number of H-pyrrole nitrogens is 1. The lowest BCUT2D eigenvalue weighted by Gasteiger charge is -2.07. The number of hydrogen-bond donors (Lipinski definition) is 1. The predicted molar refractivity (Wildman–Crippen MR) is 72.6 cm³/mol. The second-order valence-electron chi connectivity index (χ2n) is 5.17. The van der Waals surface area contributed by atoms with Gasteiger partial charge in [0.05, 0.1) is 16.6 Å². The Morgan fingerprint density at radius 1 is 1.20 bits per heavy atom. The normalized spacial score (nSPS) is 12.5. The molecule has 1 aromatic heterocycles. The molecule has 6 heteroatoms. The molecule has 0 aliphatic rings. The Morgan fingerprint density at radius 3 is 2.60 bits per heavy atom. The van der Waals surface area contributed by atoms with Crippen molar-refractivity contribution in [2.75, 3.05) is 20.6 Å². The minimum atomic E-state index is -4.31. The summed E-state index contributed by atoms with van der Waals surface area (Å²) in [5.74, 6) is 0.748. The highest BCUT2D eigenvalue weighted by molar-refractivity contribution is 5.76. The molecule has 0 bridgehead atoms. The summed E-state index contributed by atoms with van der Waals surface area (Å²) in [4.78, 5) is 9.39. The first-order chi connectivity index (χ1) is 9.36. The van der Waals surface area contributed by atoms with Gasteiger partial charge >= 0.3 is 6.18 Å². The zero-order chi connectivity index (χ0) is 14.8. The smallest absolute Gasteiger partial charge is 0.342 e. The number of aromatic nitrogens is 2. The van der Waals surface area contributed by atoms with Gasteiger partial charge in [-0.15, -0.1) is 0 Å². The molecule has 110 valence electrons. The number of benzene rings is 1. The van der Waals surface area contributed by atoms with E-state index in [1.165, 1.54) is 6.07 Å². The van der Waals surface area contributed by atoms with Gasteiger partial charge in [0.25, 0.3) is 0 Å². The van der Waals surface area contributed by atoms with Crippen LogP contribution in [0.25, 0.3) is 11.0 Å². The SMILES string of the molecule is CN(C)CCCCc1nc2ccc(C(F)(F)F)cc2[nH]1. The van der Waals surface area contributed by atoms with E-state index in [4.69, 9.17) is 0 Å². The number of hydrogen-bond acceptors (Lipinski definition) is 2. The van der Waals surface area contributed by atoms with Crippen molar-refractivity contribution in [2.45, 2.75) is 25.4 Å². The van der Waals surface area contributed by atoms with E-state index in [1.807, 2.05) is 14.1 Å². The maximum absolute atomic E-state index is 12.6. The van der Waals surface area contributed by atoms with Gasteiger partial charge in [0.15, 0.2) is 0 Å². The molecule has 0 radical (unpaired) electrons. The summed E-state index contributed by atoms with van der Waals surface area (Å²) in [6.45, 7) is 0.998. The molecule has 0 fully saturated rings. The number of aromatic amines is 1. The van der Waals surface area contributed by atoms with E-state index < -0.39 is 11.7 Å². The highest BCUT2D eigenvalue weighted by Crippen LogP contribution is 2.30. The molecule has 1 aromatic carbocycles. The molecule has 20 heavy (non-hydrogen) atoms. The van der Waals surface area contributed by atoms with E-state index in [1.54, 1.807) is 0 Å². The third-order valence-corrected chi connectivity index (χ3v) is 3.13. The fourth-order valence-corrected chi connectivity index (χ4v) is 2.08. The Labute approximate surface area is 115 Å². The quantitative estimate of drug-likeness (QED) is 0.853. The van der Waals surface area contributed by atoms with Gasteiger partial charge in [-0.3, -0.25) is 0 Å². The van der Waals surface area contributed by atoms with E-state index in [0.717, 1.165) is 43.8 Å². The molecular weight excluding hydrogens is 267 g/mol. The molecule has 0 aliphatic carbocycles. The predicted octanol–water partition coefficient (Wildman–Crippen LogP) is 3.47. The molecule has 0 unspecified atom stereocenters. The summed E-state index contributed by atoms with van der Waals surface area (Å²) >= 11 is 0. The van der Waals surface area contributed by atoms with E-state index in [9.17, 15) is 13.2 Å². The fourth-order valence-electron chi connectivity index (χ4n) is 2.08. The molecule has 0 atom stereocenters. The molecule has 0 aliphatic heterocycles. The average Bonchev–Trinajstić information content (AvgIpc) is 2.74. The van der Waals surface area contributed by atoms with Crippen molar-refractivity contribution in [2.24, 2.45) is 0 Å². The lowest BCUT2D eigenvalue weighted by Crippen LogP contribution is -2.12. The van der Waals surface area contributed by atoms with Gasteiger partial charge in [-0.05, 0) is 51.7 Å². The zero-order valence-corrected chi connectivity index (χ0v) is 11.6. The summed E-state index contributed by atoms with van der Waals surface area (Å²) in [5, 5.41) is 0. The topological polar surface area (TPSA) is 31.9 Å². The van der Waals surface area contributed by atoms with Crippen molar-refractivity contribution in [3.05, 3.63) is 29.6 Å². The van der Waals surface area contributed by atoms with Crippen LogP contribution < -0.4 is 0 Å². The highest BCUT2D eigenvalue weighted by Gasteiger charge is 2.30. The van der Waals surface area contributed by atoms with E-state index in [2.05, 4.69) is 14.9 Å². The number of imidazole rings is 1. The summed E-state index contributed by atoms with van der Waals surface area (Å²) in [5.41, 5.74) is 0.385. The van der Waals surface area contributed by atoms with Crippen LogP contribution in [0.2, 0.25) is 0 Å². The first-order valence-electron chi connectivity index (χ1n) is 6.57. The van der Waals surface area contributed by atoms with Crippen molar-refractivity contribution in [3.63, 3.8) is 0 Å². The van der Waals surface area contributed by atoms with Gasteiger partial charge < -0.3 is 9.88 Å². The maximum Gasteiger partial charge on any atom is 0.416 e. The number of nitrogens with one attached hydrogen (secondary N) is 1. The Kier molecular flexibility index (Phi) is 4.32. The van der Waals surface area contributed by atoms with Crippen molar-refractivity contribution in [1.82, 2.24) is 14.9 Å². The van der Waals surface area contributed by atoms with Crippen LogP contribution in [-0.2, 0) is 12.6 Å². The Hall–Kier alpha value is -1.56. The molecule has 0 saturated carbocycles. The molecule has 3 nitrogen and oxygen atoms in total. The minimum Gasteiger partial charge on any atom is -0.342 e. The standard InChI is InChI=1S/C14H18F3N3/c1-20(2)8-4-3-5-13-18-11-7-6-10(14(15,16)17)9-12(11)19-13/h6-7,9H,3-5,8H2,1-2H3,(H,18,19). The lowest BCUT2D eigenvalue weighted by molar-refractivity contribution is -0.137. The van der Waals surface area contributed by atoms with E-state index in [0.29, 0.717) is 11.0 Å². The van der Waals surface area contributed by atoms with Crippen LogP contribution in [0.3, 0.4) is 0 Å². The minimum absolute atomic E-state index is 0.447. The average molecular weight is 285 g/mol. The van der Waals surface area contributed by atoms with Gasteiger partial charge in [-0.2, -0.15) is 13.2 Å². The lowest BCUT2D eigenvalue weighted by atomic mass is 10.2. The van der Waals surface area contributed by atoms with Crippen LogP contribution in [0.4, 0.5) is 13.2 Å². The van der Waals surface area contributed by atoms with Crippen molar-refractivity contribution < 1.29 is 13.2 Å². The largest absolute Gasteiger partial charge is 0.416 e. The summed E-state index contributed by atoms with van der Waals surface area (Å²) < 4.78 is 37.8. The first-order valence-corrected chi connectivity index (χ1v) is 6.57. The van der Waals surface area contributed by atoms with Crippen molar-refractivity contribution >= 4 is 11.0 Å². The van der Waals surface area contributed by atoms with E-state index >= 15 is 0 Å². The summed E-state index contributed by atoms with van der Waals surface area (Å²) in [6.07, 6.45) is -1.56. The third kappa shape index (κ3) is 3.72. The number of fused-ring (bicyclic) bond motifs is 1. The molecule has 0 spiro atoms. The number of unbranched alkanes of at least 4 members (excludes halogenated alkanes) is 1. The summed E-state index contributed by atoms with van der Waals surface area (Å²) in [6, 6.07) is 3.60. The number of rotatable bonds is 5. The van der Waals surface area contributed by atoms with Crippen molar-refractivity contribution in [1.29, 1.82) is 0 Å². The second kappa shape index (κ2) is 5.83. The zero-order valence-electron chi connectivity index (χ0n) is 11.6. The molecule has 0 amide bonds. The Morgan fingerprint density at radius 2 is 1.95 bits per heavy atom. The Balaban J connectivity index is 2.06. The number of halogens is 3. The van der Waals surface area contributed by atoms with Crippen molar-refractivity contribution in [3.8, 4) is 0 Å². The van der Waals surface area contributed by atoms with Crippen LogP contribution >= 0.6 is 0 Å². The third-order valence-electron chi connectivity index (χ3n) is 3.13. The highest BCUT2D eigenvalue weighted by atomic mass is 19.4. The van der Waals surface area contributed by atoms with Gasteiger partial charge in [0.1, 0.15) is 5.82 Å². The number of aryl methyl sites for hydroxylation is 1. The number of nitrogens with zero attached hydrogens (tertiary/aromatic N) is 2. The molecule has 1 N–H and O–H groups in total. The van der Waals surface area contributed by atoms with Crippen LogP contribution in [0.1, 0.15) is 24.2 Å². The Bertz CT molecular complexity index is 573. The van der Waals surface area contributed by atoms with Crippen LogP contribution in [0.5, 0.6) is 0 Å². The van der Waals surface area contributed by atoms with E-state index in [-0.39, 0.29) is 0 Å². The second-order valence-corrected chi connectivity index (χ2v) is 5.17. The van der Waals surface area contributed by atoms with Gasteiger partial charge in [0, 0.05) is 6.42 Å². The molecule has 1 heterocycles. The molecule has 0 saturated heterocycles. The van der Waals surface area contributed by atoms with Gasteiger partial charge in [-0.25, -0.2) is 4.98 Å². The first kappa shape index (κ1) is 14.8. The fraction of sp³-hybridized carbons (Fsp3) is 0.500. The molecule has 2 aromatic rings. The number of alkyl halides is 3. The molecule has 2 rings (SSSR count). The molecular formula is C14H18F3N3.